The van der Waals surface area contributed by atoms with Crippen LogP contribution in [0.1, 0.15) is 5.56 Å². The van der Waals surface area contributed by atoms with Crippen molar-refractivity contribution in [2.75, 3.05) is 0 Å². The number of ether oxygens (including phenoxy) is 1. The average Bonchev–Trinajstić information content (AvgIpc) is 2.32. The lowest BCUT2D eigenvalue weighted by Gasteiger charge is -2.10. The Hall–Kier alpha value is -1.36. The Bertz CT molecular complexity index is 534. The maximum absolute atomic E-state index is 5.90. The molecule has 0 unspecified atom stereocenters. The molecule has 1 aromatic carbocycles. The van der Waals surface area contributed by atoms with E-state index in [-0.39, 0.29) is 5.88 Å². The Morgan fingerprint density at radius 1 is 1.29 bits per heavy atom. The van der Waals surface area contributed by atoms with E-state index in [1.54, 1.807) is 18.2 Å². The minimum atomic E-state index is 0.277. The van der Waals surface area contributed by atoms with Gasteiger partial charge in [0.15, 0.2) is 0 Å². The van der Waals surface area contributed by atoms with Crippen LogP contribution in [0.15, 0.2) is 30.7 Å². The number of benzene rings is 1. The van der Waals surface area contributed by atoms with Gasteiger partial charge in [0.25, 0.3) is 0 Å². The molecule has 0 radical (unpaired) electrons. The molecule has 0 saturated heterocycles. The van der Waals surface area contributed by atoms with Crippen molar-refractivity contribution in [3.63, 3.8) is 0 Å². The fourth-order valence-electron chi connectivity index (χ4n) is 1.27. The van der Waals surface area contributed by atoms with Gasteiger partial charge in [-0.15, -0.1) is 0 Å². The van der Waals surface area contributed by atoms with Crippen LogP contribution in [0.4, 0.5) is 0 Å². The summed E-state index contributed by atoms with van der Waals surface area (Å²) in [6, 6.07) is 5.22. The average molecular weight is 270 g/mol. The molecule has 0 aliphatic heterocycles. The van der Waals surface area contributed by atoms with Gasteiger partial charge in [-0.25, -0.2) is 9.97 Å². The first-order valence-corrected chi connectivity index (χ1v) is 5.58. The molecule has 2 rings (SSSR count). The molecule has 4 nitrogen and oxygen atoms in total. The molecule has 88 valence electrons. The van der Waals surface area contributed by atoms with Gasteiger partial charge >= 0.3 is 0 Å². The lowest BCUT2D eigenvalue weighted by Crippen LogP contribution is -2.00. The third-order valence-electron chi connectivity index (χ3n) is 2.09. The zero-order chi connectivity index (χ0) is 12.3. The van der Waals surface area contributed by atoms with Crippen LogP contribution in [0, 0.1) is 0 Å². The smallest absolute Gasteiger partial charge is 0.241 e. The van der Waals surface area contributed by atoms with Gasteiger partial charge in [0.05, 0.1) is 6.20 Å². The number of nitrogens with zero attached hydrogens (tertiary/aromatic N) is 2. The van der Waals surface area contributed by atoms with Gasteiger partial charge in [-0.05, 0) is 12.1 Å². The van der Waals surface area contributed by atoms with Crippen LogP contribution in [-0.4, -0.2) is 9.97 Å². The van der Waals surface area contributed by atoms with Gasteiger partial charge in [-0.3, -0.25) is 0 Å². The third-order valence-corrected chi connectivity index (χ3v) is 2.58. The van der Waals surface area contributed by atoms with Crippen molar-refractivity contribution in [2.24, 2.45) is 5.73 Å². The Labute approximate surface area is 108 Å². The molecular formula is C11H9Cl2N3O. The highest BCUT2D eigenvalue weighted by atomic mass is 35.5. The van der Waals surface area contributed by atoms with Crippen molar-refractivity contribution < 1.29 is 4.74 Å². The van der Waals surface area contributed by atoms with E-state index < -0.39 is 0 Å². The van der Waals surface area contributed by atoms with E-state index in [9.17, 15) is 0 Å². The van der Waals surface area contributed by atoms with Crippen molar-refractivity contribution in [1.29, 1.82) is 0 Å². The first kappa shape index (κ1) is 12.1. The van der Waals surface area contributed by atoms with E-state index in [1.165, 1.54) is 12.5 Å². The van der Waals surface area contributed by atoms with Crippen LogP contribution < -0.4 is 10.5 Å². The zero-order valence-electron chi connectivity index (χ0n) is 8.73. The first-order chi connectivity index (χ1) is 8.20. The van der Waals surface area contributed by atoms with Crippen molar-refractivity contribution in [3.8, 4) is 11.6 Å². The van der Waals surface area contributed by atoms with Crippen LogP contribution in [-0.2, 0) is 6.54 Å². The summed E-state index contributed by atoms with van der Waals surface area (Å²) in [6.07, 6.45) is 2.81. The van der Waals surface area contributed by atoms with Crippen LogP contribution in [0.3, 0.4) is 0 Å². The SMILES string of the molecule is NCc1ccc(Cl)cc1Oc1ncncc1Cl. The first-order valence-electron chi connectivity index (χ1n) is 4.82. The second kappa shape index (κ2) is 5.31. The number of halogens is 2. The van der Waals surface area contributed by atoms with Gasteiger partial charge in [-0.2, -0.15) is 0 Å². The predicted molar refractivity (Wildman–Crippen MR) is 66.5 cm³/mol. The van der Waals surface area contributed by atoms with E-state index in [4.69, 9.17) is 33.7 Å². The predicted octanol–water partition coefficient (Wildman–Crippen LogP) is 3.03. The van der Waals surface area contributed by atoms with Crippen molar-refractivity contribution in [3.05, 3.63) is 46.3 Å². The molecule has 0 atom stereocenters. The Balaban J connectivity index is 2.35. The molecule has 17 heavy (non-hydrogen) atoms. The maximum Gasteiger partial charge on any atom is 0.241 e. The van der Waals surface area contributed by atoms with E-state index in [0.717, 1.165) is 5.56 Å². The monoisotopic (exact) mass is 269 g/mol. The van der Waals surface area contributed by atoms with E-state index in [1.807, 2.05) is 0 Å². The molecule has 0 saturated carbocycles. The second-order valence-corrected chi connectivity index (χ2v) is 4.08. The summed E-state index contributed by atoms with van der Waals surface area (Å²) in [5, 5.41) is 0.887. The summed E-state index contributed by atoms with van der Waals surface area (Å²) >= 11 is 11.8. The number of hydrogen-bond acceptors (Lipinski definition) is 4. The van der Waals surface area contributed by atoms with Gasteiger partial charge < -0.3 is 10.5 Å². The molecule has 0 amide bonds. The minimum Gasteiger partial charge on any atom is -0.437 e. The Morgan fingerprint density at radius 2 is 2.12 bits per heavy atom. The number of hydrogen-bond donors (Lipinski definition) is 1. The molecule has 0 fully saturated rings. The molecule has 1 aromatic heterocycles. The number of rotatable bonds is 3. The fourth-order valence-corrected chi connectivity index (χ4v) is 1.58. The zero-order valence-corrected chi connectivity index (χ0v) is 10.2. The summed E-state index contributed by atoms with van der Waals surface area (Å²) in [4.78, 5) is 7.70. The maximum atomic E-state index is 5.90. The van der Waals surface area contributed by atoms with Crippen LogP contribution in [0.2, 0.25) is 10.0 Å². The van der Waals surface area contributed by atoms with Crippen molar-refractivity contribution >= 4 is 23.2 Å². The minimum absolute atomic E-state index is 0.277. The normalized spacial score (nSPS) is 10.3. The van der Waals surface area contributed by atoms with E-state index in [0.29, 0.717) is 22.3 Å². The lowest BCUT2D eigenvalue weighted by atomic mass is 10.2. The van der Waals surface area contributed by atoms with E-state index >= 15 is 0 Å². The van der Waals surface area contributed by atoms with E-state index in [2.05, 4.69) is 9.97 Å². The van der Waals surface area contributed by atoms with Crippen LogP contribution >= 0.6 is 23.2 Å². The molecule has 0 aliphatic carbocycles. The van der Waals surface area contributed by atoms with Gasteiger partial charge in [0.1, 0.15) is 17.1 Å². The van der Waals surface area contributed by atoms with Crippen LogP contribution in [0.5, 0.6) is 11.6 Å². The van der Waals surface area contributed by atoms with Crippen LogP contribution in [0.25, 0.3) is 0 Å². The summed E-state index contributed by atoms with van der Waals surface area (Å²) in [5.41, 5.74) is 6.43. The Morgan fingerprint density at radius 3 is 2.82 bits per heavy atom. The molecule has 2 aromatic rings. The molecule has 1 heterocycles. The molecule has 0 spiro atoms. The number of nitrogens with two attached hydrogens (primary N) is 1. The molecule has 2 N–H and O–H groups in total. The highest BCUT2D eigenvalue weighted by Crippen LogP contribution is 2.30. The van der Waals surface area contributed by atoms with Gasteiger partial charge in [0, 0.05) is 17.1 Å². The molecular weight excluding hydrogens is 261 g/mol. The summed E-state index contributed by atoms with van der Waals surface area (Å²) in [5.74, 6) is 0.819. The fraction of sp³-hybridized carbons (Fsp3) is 0.0909. The molecule has 0 bridgehead atoms. The lowest BCUT2D eigenvalue weighted by molar-refractivity contribution is 0.456. The highest BCUT2D eigenvalue weighted by molar-refractivity contribution is 6.31. The topological polar surface area (TPSA) is 61.0 Å². The van der Waals surface area contributed by atoms with Gasteiger partial charge in [0.2, 0.25) is 5.88 Å². The number of aromatic nitrogens is 2. The summed E-state index contributed by atoms with van der Waals surface area (Å²) < 4.78 is 5.56. The quantitative estimate of drug-likeness (QED) is 0.931. The standard InChI is InChI=1S/C11H9Cl2N3O/c12-8-2-1-7(4-14)10(3-8)17-11-9(13)5-15-6-16-11/h1-3,5-6H,4,14H2. The Kier molecular flexibility index (Phi) is 3.78. The van der Waals surface area contributed by atoms with Crippen molar-refractivity contribution in [1.82, 2.24) is 9.97 Å². The second-order valence-electron chi connectivity index (χ2n) is 3.23. The molecule has 0 aliphatic rings. The summed E-state index contributed by atoms with van der Waals surface area (Å²) in [7, 11) is 0. The molecule has 6 heteroatoms. The highest BCUT2D eigenvalue weighted by Gasteiger charge is 2.08. The van der Waals surface area contributed by atoms with Crippen molar-refractivity contribution in [2.45, 2.75) is 6.54 Å². The van der Waals surface area contributed by atoms with Gasteiger partial charge in [-0.1, -0.05) is 29.3 Å². The summed E-state index contributed by atoms with van der Waals surface area (Å²) in [6.45, 7) is 0.342. The largest absolute Gasteiger partial charge is 0.437 e. The third kappa shape index (κ3) is 2.85.